The van der Waals surface area contributed by atoms with Gasteiger partial charge in [0.2, 0.25) is 0 Å². The molecule has 36 heavy (non-hydrogen) atoms. The number of aromatic amines is 2. The van der Waals surface area contributed by atoms with Crippen molar-refractivity contribution in [2.24, 2.45) is 0 Å². The van der Waals surface area contributed by atoms with Crippen LogP contribution in [0.15, 0.2) is 49.1 Å². The Kier molecular flexibility index (Phi) is 5.98. The predicted molar refractivity (Wildman–Crippen MR) is 142 cm³/mol. The Labute approximate surface area is 209 Å². The number of hydrogen-bond donors (Lipinski definition) is 2. The number of piperidine rings is 1. The van der Waals surface area contributed by atoms with Crippen LogP contribution in [0.4, 0.5) is 5.69 Å². The van der Waals surface area contributed by atoms with Gasteiger partial charge in [0.05, 0.1) is 46.7 Å². The molecule has 0 saturated carbocycles. The molecule has 1 fully saturated rings. The van der Waals surface area contributed by atoms with Crippen LogP contribution in [0.2, 0.25) is 0 Å². The monoisotopic (exact) mass is 482 g/mol. The van der Waals surface area contributed by atoms with Gasteiger partial charge in [0, 0.05) is 36.8 Å². The lowest BCUT2D eigenvalue weighted by Crippen LogP contribution is -2.29. The first-order valence-electron chi connectivity index (χ1n) is 12.5. The lowest BCUT2D eigenvalue weighted by molar-refractivity contribution is 0.261. The van der Waals surface area contributed by atoms with Crippen molar-refractivity contribution in [2.75, 3.05) is 45.2 Å². The minimum atomic E-state index is 0.602. The number of fused-ring (bicyclic) bond motifs is 2. The summed E-state index contributed by atoms with van der Waals surface area (Å²) in [6.07, 6.45) is 11.2. The summed E-state index contributed by atoms with van der Waals surface area (Å²) in [5.74, 6) is 0.733. The van der Waals surface area contributed by atoms with Gasteiger partial charge < -0.3 is 19.5 Å². The van der Waals surface area contributed by atoms with Gasteiger partial charge in [-0.2, -0.15) is 5.10 Å². The molecule has 0 aliphatic carbocycles. The molecule has 0 atom stereocenters. The maximum absolute atomic E-state index is 5.87. The lowest BCUT2D eigenvalue weighted by atomic mass is 10.1. The molecule has 0 spiro atoms. The fourth-order valence-electron chi connectivity index (χ4n) is 4.78. The van der Waals surface area contributed by atoms with E-state index in [1.807, 2.05) is 50.9 Å². The predicted octanol–water partition coefficient (Wildman–Crippen LogP) is 4.49. The maximum atomic E-state index is 5.87. The van der Waals surface area contributed by atoms with Crippen LogP contribution in [-0.4, -0.2) is 75.4 Å². The third-order valence-electron chi connectivity index (χ3n) is 6.70. The van der Waals surface area contributed by atoms with Gasteiger partial charge in [0.15, 0.2) is 0 Å². The van der Waals surface area contributed by atoms with Crippen LogP contribution in [0.25, 0.3) is 44.6 Å². The number of pyridine rings is 3. The third kappa shape index (κ3) is 4.37. The molecule has 184 valence electrons. The van der Waals surface area contributed by atoms with Gasteiger partial charge in [-0.1, -0.05) is 0 Å². The van der Waals surface area contributed by atoms with Crippen LogP contribution in [0.1, 0.15) is 19.3 Å². The van der Waals surface area contributed by atoms with Crippen molar-refractivity contribution in [1.82, 2.24) is 35.0 Å². The Bertz CT molecular complexity index is 1500. The lowest BCUT2D eigenvalue weighted by Gasteiger charge is -2.28. The van der Waals surface area contributed by atoms with E-state index in [2.05, 4.69) is 41.0 Å². The number of likely N-dealkylation sites (N-methyl/N-ethyl adjacent to an activating group) is 1. The molecule has 0 unspecified atom stereocenters. The molecule has 9 heteroatoms. The van der Waals surface area contributed by atoms with Crippen LogP contribution in [-0.2, 0) is 0 Å². The standard InChI is InChI=1S/C27H30N8O/c1-34(2)10-11-36-19-12-18(14-28-15-19)21-6-7-22-26(31-21)27(33-32-22)23-13-20-24(30-23)16-29-17-25(20)35-8-4-3-5-9-35/h6-7,12-17,30H,3-5,8-11H2,1-2H3,(H,32,33). The maximum Gasteiger partial charge on any atom is 0.138 e. The second-order valence-corrected chi connectivity index (χ2v) is 9.58. The van der Waals surface area contributed by atoms with Gasteiger partial charge in [0.25, 0.3) is 0 Å². The first-order chi connectivity index (χ1) is 17.7. The van der Waals surface area contributed by atoms with E-state index in [0.717, 1.165) is 64.6 Å². The van der Waals surface area contributed by atoms with Crippen molar-refractivity contribution in [3.8, 4) is 28.4 Å². The van der Waals surface area contributed by atoms with E-state index < -0.39 is 0 Å². The Morgan fingerprint density at radius 2 is 1.83 bits per heavy atom. The van der Waals surface area contributed by atoms with Crippen molar-refractivity contribution in [3.05, 3.63) is 49.1 Å². The summed E-state index contributed by atoms with van der Waals surface area (Å²) in [7, 11) is 4.05. The van der Waals surface area contributed by atoms with Crippen molar-refractivity contribution < 1.29 is 4.74 Å². The summed E-state index contributed by atoms with van der Waals surface area (Å²) < 4.78 is 5.87. The number of hydrogen-bond acceptors (Lipinski definition) is 7. The Hall–Kier alpha value is -3.98. The van der Waals surface area contributed by atoms with Crippen LogP contribution in [0.3, 0.4) is 0 Å². The molecule has 1 aliphatic heterocycles. The summed E-state index contributed by atoms with van der Waals surface area (Å²) in [6.45, 7) is 3.59. The highest BCUT2D eigenvalue weighted by Gasteiger charge is 2.18. The Morgan fingerprint density at radius 3 is 2.69 bits per heavy atom. The van der Waals surface area contributed by atoms with Crippen molar-refractivity contribution >= 4 is 27.6 Å². The number of H-pyrrole nitrogens is 2. The Morgan fingerprint density at radius 1 is 0.972 bits per heavy atom. The molecule has 1 aliphatic rings. The molecule has 5 aromatic rings. The zero-order valence-corrected chi connectivity index (χ0v) is 20.7. The number of ether oxygens (including phenoxy) is 1. The molecule has 0 aromatic carbocycles. The minimum Gasteiger partial charge on any atom is -0.491 e. The summed E-state index contributed by atoms with van der Waals surface area (Å²) in [5, 5.41) is 8.92. The molecule has 2 N–H and O–H groups in total. The normalized spacial score (nSPS) is 14.2. The highest BCUT2D eigenvalue weighted by atomic mass is 16.5. The largest absolute Gasteiger partial charge is 0.491 e. The van der Waals surface area contributed by atoms with Gasteiger partial charge in [-0.3, -0.25) is 15.1 Å². The number of nitrogens with one attached hydrogen (secondary N) is 2. The van der Waals surface area contributed by atoms with Gasteiger partial charge in [-0.15, -0.1) is 0 Å². The number of rotatable bonds is 7. The molecule has 0 bridgehead atoms. The van der Waals surface area contributed by atoms with E-state index in [0.29, 0.717) is 6.61 Å². The zero-order valence-electron chi connectivity index (χ0n) is 20.7. The highest BCUT2D eigenvalue weighted by Crippen LogP contribution is 2.34. The molecule has 0 amide bonds. The zero-order chi connectivity index (χ0) is 24.5. The van der Waals surface area contributed by atoms with E-state index in [4.69, 9.17) is 9.72 Å². The van der Waals surface area contributed by atoms with Crippen molar-refractivity contribution in [3.63, 3.8) is 0 Å². The number of aromatic nitrogens is 6. The average Bonchev–Trinajstić information content (AvgIpc) is 3.53. The molecular formula is C27H30N8O. The first kappa shape index (κ1) is 22.5. The van der Waals surface area contributed by atoms with Crippen LogP contribution >= 0.6 is 0 Å². The molecule has 0 radical (unpaired) electrons. The summed E-state index contributed by atoms with van der Waals surface area (Å²) >= 11 is 0. The first-order valence-corrected chi connectivity index (χ1v) is 12.5. The topological polar surface area (TPSA) is 98.9 Å². The smallest absolute Gasteiger partial charge is 0.138 e. The van der Waals surface area contributed by atoms with E-state index in [-0.39, 0.29) is 0 Å². The quantitative estimate of drug-likeness (QED) is 0.353. The fourth-order valence-corrected chi connectivity index (χ4v) is 4.78. The second-order valence-electron chi connectivity index (χ2n) is 9.58. The van der Waals surface area contributed by atoms with E-state index >= 15 is 0 Å². The average molecular weight is 483 g/mol. The van der Waals surface area contributed by atoms with Crippen LogP contribution in [0.5, 0.6) is 5.75 Å². The van der Waals surface area contributed by atoms with Gasteiger partial charge in [-0.25, -0.2) is 4.98 Å². The summed E-state index contributed by atoms with van der Waals surface area (Å²) in [4.78, 5) is 21.9. The van der Waals surface area contributed by atoms with Crippen molar-refractivity contribution in [2.45, 2.75) is 19.3 Å². The molecule has 5 aromatic heterocycles. The minimum absolute atomic E-state index is 0.602. The summed E-state index contributed by atoms with van der Waals surface area (Å²) in [6, 6.07) is 8.15. The van der Waals surface area contributed by atoms with Gasteiger partial charge in [0.1, 0.15) is 23.6 Å². The Balaban J connectivity index is 1.34. The van der Waals surface area contributed by atoms with E-state index in [9.17, 15) is 0 Å². The highest BCUT2D eigenvalue weighted by molar-refractivity contribution is 5.98. The fraction of sp³-hybridized carbons (Fsp3) is 0.333. The molecular weight excluding hydrogens is 452 g/mol. The van der Waals surface area contributed by atoms with Gasteiger partial charge in [-0.05, 0) is 57.6 Å². The second kappa shape index (κ2) is 9.58. The molecule has 6 rings (SSSR count). The number of anilines is 1. The molecule has 9 nitrogen and oxygen atoms in total. The summed E-state index contributed by atoms with van der Waals surface area (Å²) in [5.41, 5.74) is 7.32. The SMILES string of the molecule is CN(C)CCOc1cncc(-c2ccc3[nH]nc(-c4cc5c(N6CCCCC6)cncc5[nH]4)c3n2)c1. The number of nitrogens with zero attached hydrogens (tertiary/aromatic N) is 6. The molecule has 6 heterocycles. The van der Waals surface area contributed by atoms with Crippen LogP contribution < -0.4 is 9.64 Å². The van der Waals surface area contributed by atoms with E-state index in [1.165, 1.54) is 30.3 Å². The van der Waals surface area contributed by atoms with Crippen LogP contribution in [0, 0.1) is 0 Å². The third-order valence-corrected chi connectivity index (χ3v) is 6.70. The van der Waals surface area contributed by atoms with Gasteiger partial charge >= 0.3 is 0 Å². The molecule has 1 saturated heterocycles. The van der Waals surface area contributed by atoms with E-state index in [1.54, 1.807) is 6.20 Å². The van der Waals surface area contributed by atoms with Crippen molar-refractivity contribution in [1.29, 1.82) is 0 Å².